The number of para-hydroxylation sites is 1. The fraction of sp³-hybridized carbons (Fsp3) is 0.200. The third-order valence-corrected chi connectivity index (χ3v) is 6.28. The van der Waals surface area contributed by atoms with Crippen LogP contribution in [0.4, 0.5) is 5.95 Å². The molecule has 0 bridgehead atoms. The van der Waals surface area contributed by atoms with Gasteiger partial charge in [-0.3, -0.25) is 23.3 Å². The van der Waals surface area contributed by atoms with Crippen LogP contribution in [0.15, 0.2) is 64.3 Å². The van der Waals surface area contributed by atoms with Crippen LogP contribution in [-0.2, 0) is 27.1 Å². The molecular formula is C25H25N7O3. The SMILES string of the molecule is Cn1c(=O)c2c(nc(NCCc3c[nH]c4ccccc34)n2Cc2ccc(C(N)=O)cc2)n(C)c1=O. The van der Waals surface area contributed by atoms with E-state index in [4.69, 9.17) is 5.73 Å². The van der Waals surface area contributed by atoms with Gasteiger partial charge in [0.05, 0.1) is 6.54 Å². The summed E-state index contributed by atoms with van der Waals surface area (Å²) in [5.74, 6) is -0.0229. The van der Waals surface area contributed by atoms with Gasteiger partial charge in [-0.05, 0) is 35.7 Å². The van der Waals surface area contributed by atoms with Crippen molar-refractivity contribution in [3.63, 3.8) is 0 Å². The number of benzene rings is 2. The molecule has 0 unspecified atom stereocenters. The number of nitrogens with zero attached hydrogens (tertiary/aromatic N) is 4. The van der Waals surface area contributed by atoms with Gasteiger partial charge in [-0.1, -0.05) is 30.3 Å². The highest BCUT2D eigenvalue weighted by Gasteiger charge is 2.19. The van der Waals surface area contributed by atoms with Crippen molar-refractivity contribution in [2.45, 2.75) is 13.0 Å². The van der Waals surface area contributed by atoms with Gasteiger partial charge in [-0.25, -0.2) is 4.79 Å². The Morgan fingerprint density at radius 1 is 1.06 bits per heavy atom. The number of anilines is 1. The largest absolute Gasteiger partial charge is 0.366 e. The maximum Gasteiger partial charge on any atom is 0.332 e. The van der Waals surface area contributed by atoms with E-state index in [1.165, 1.54) is 17.2 Å². The van der Waals surface area contributed by atoms with Crippen LogP contribution in [0, 0.1) is 0 Å². The van der Waals surface area contributed by atoms with Gasteiger partial charge in [0.2, 0.25) is 11.9 Å². The van der Waals surface area contributed by atoms with Gasteiger partial charge in [0.1, 0.15) is 0 Å². The lowest BCUT2D eigenvalue weighted by atomic mass is 10.1. The van der Waals surface area contributed by atoms with Crippen LogP contribution in [0.25, 0.3) is 22.1 Å². The molecule has 5 rings (SSSR count). The Hall–Kier alpha value is -4.60. The van der Waals surface area contributed by atoms with Crippen LogP contribution >= 0.6 is 0 Å². The second-order valence-electron chi connectivity index (χ2n) is 8.50. The smallest absolute Gasteiger partial charge is 0.332 e. The van der Waals surface area contributed by atoms with Gasteiger partial charge in [-0.2, -0.15) is 4.98 Å². The fourth-order valence-electron chi connectivity index (χ4n) is 4.34. The van der Waals surface area contributed by atoms with Gasteiger partial charge >= 0.3 is 5.69 Å². The zero-order chi connectivity index (χ0) is 24.7. The Bertz CT molecular complexity index is 1690. The monoisotopic (exact) mass is 471 g/mol. The van der Waals surface area contributed by atoms with E-state index in [0.717, 1.165) is 27.5 Å². The standard InChI is InChI=1S/C25H25N7O3/c1-30-22-20(23(34)31(2)25(30)35)32(14-15-7-9-16(10-8-15)21(26)33)24(29-22)27-12-11-17-13-28-19-6-4-3-5-18(17)19/h3-10,13,28H,11-12,14H2,1-2H3,(H2,26,33)(H,27,29). The average Bonchev–Trinajstić information content (AvgIpc) is 3.44. The van der Waals surface area contributed by atoms with Crippen molar-refractivity contribution in [1.29, 1.82) is 0 Å². The molecule has 3 aromatic heterocycles. The first kappa shape index (κ1) is 22.2. The van der Waals surface area contributed by atoms with Crippen LogP contribution in [0.2, 0.25) is 0 Å². The minimum Gasteiger partial charge on any atom is -0.366 e. The van der Waals surface area contributed by atoms with Gasteiger partial charge in [0, 0.05) is 43.3 Å². The predicted molar refractivity (Wildman–Crippen MR) is 135 cm³/mol. The van der Waals surface area contributed by atoms with E-state index in [9.17, 15) is 14.4 Å². The summed E-state index contributed by atoms with van der Waals surface area (Å²) in [5.41, 5.74) is 8.62. The molecule has 35 heavy (non-hydrogen) atoms. The van der Waals surface area contributed by atoms with Gasteiger partial charge in [0.25, 0.3) is 5.56 Å². The van der Waals surface area contributed by atoms with Crippen molar-refractivity contribution in [1.82, 2.24) is 23.7 Å². The summed E-state index contributed by atoms with van der Waals surface area (Å²) in [6, 6.07) is 15.0. The second kappa shape index (κ2) is 8.64. The maximum absolute atomic E-state index is 13.1. The molecule has 2 aromatic carbocycles. The molecule has 4 N–H and O–H groups in total. The number of aromatic nitrogens is 5. The normalized spacial score (nSPS) is 11.4. The molecule has 0 aliphatic heterocycles. The van der Waals surface area contributed by atoms with E-state index in [1.54, 1.807) is 35.9 Å². The van der Waals surface area contributed by atoms with E-state index < -0.39 is 17.2 Å². The Balaban J connectivity index is 1.52. The minimum atomic E-state index is -0.506. The first-order valence-electron chi connectivity index (χ1n) is 11.2. The van der Waals surface area contributed by atoms with Crippen LogP contribution in [0.5, 0.6) is 0 Å². The zero-order valence-electron chi connectivity index (χ0n) is 19.4. The van der Waals surface area contributed by atoms with Crippen LogP contribution in [0.1, 0.15) is 21.5 Å². The Morgan fingerprint density at radius 2 is 1.80 bits per heavy atom. The third-order valence-electron chi connectivity index (χ3n) is 6.28. The number of nitrogens with two attached hydrogens (primary N) is 1. The minimum absolute atomic E-state index is 0.307. The number of hydrogen-bond acceptors (Lipinski definition) is 5. The molecule has 5 aromatic rings. The molecule has 3 heterocycles. The maximum atomic E-state index is 13.1. The van der Waals surface area contributed by atoms with E-state index in [0.29, 0.717) is 35.8 Å². The van der Waals surface area contributed by atoms with Crippen molar-refractivity contribution >= 4 is 33.9 Å². The van der Waals surface area contributed by atoms with Gasteiger partial charge < -0.3 is 16.0 Å². The second-order valence-corrected chi connectivity index (χ2v) is 8.50. The lowest BCUT2D eigenvalue weighted by Gasteiger charge is -2.11. The Labute approximate surface area is 199 Å². The quantitative estimate of drug-likeness (QED) is 0.332. The summed E-state index contributed by atoms with van der Waals surface area (Å²) in [5, 5.41) is 4.51. The molecule has 0 atom stereocenters. The Kier molecular flexibility index (Phi) is 5.48. The van der Waals surface area contributed by atoms with Crippen molar-refractivity contribution in [3.8, 4) is 0 Å². The first-order chi connectivity index (χ1) is 16.8. The lowest BCUT2D eigenvalue weighted by Crippen LogP contribution is -2.37. The fourth-order valence-corrected chi connectivity index (χ4v) is 4.34. The number of H-pyrrole nitrogens is 1. The van der Waals surface area contributed by atoms with E-state index >= 15 is 0 Å². The van der Waals surface area contributed by atoms with E-state index in [1.807, 2.05) is 24.4 Å². The molecule has 0 saturated carbocycles. The third kappa shape index (κ3) is 3.88. The van der Waals surface area contributed by atoms with Crippen LogP contribution in [-0.4, -0.2) is 36.1 Å². The number of aromatic amines is 1. The summed E-state index contributed by atoms with van der Waals surface area (Å²) in [6.07, 6.45) is 2.73. The zero-order valence-corrected chi connectivity index (χ0v) is 19.4. The predicted octanol–water partition coefficient (Wildman–Crippen LogP) is 1.72. The summed E-state index contributed by atoms with van der Waals surface area (Å²) >= 11 is 0. The highest BCUT2D eigenvalue weighted by atomic mass is 16.2. The van der Waals surface area contributed by atoms with Crippen molar-refractivity contribution in [2.24, 2.45) is 19.8 Å². The molecule has 0 spiro atoms. The molecule has 0 radical (unpaired) electrons. The molecular weight excluding hydrogens is 446 g/mol. The number of nitrogens with one attached hydrogen (secondary N) is 2. The van der Waals surface area contributed by atoms with Crippen molar-refractivity contribution in [3.05, 3.63) is 92.3 Å². The summed E-state index contributed by atoms with van der Waals surface area (Å²) in [6.45, 7) is 0.887. The van der Waals surface area contributed by atoms with Gasteiger partial charge in [0.15, 0.2) is 11.2 Å². The van der Waals surface area contributed by atoms with Crippen LogP contribution in [0.3, 0.4) is 0 Å². The number of hydrogen-bond donors (Lipinski definition) is 3. The summed E-state index contributed by atoms with van der Waals surface area (Å²) < 4.78 is 4.21. The molecule has 1 amide bonds. The number of imidazole rings is 1. The number of rotatable bonds is 7. The Morgan fingerprint density at radius 3 is 2.54 bits per heavy atom. The number of primary amides is 1. The topological polar surface area (TPSA) is 133 Å². The number of aryl methyl sites for hydroxylation is 1. The number of carbonyl (C=O) groups is 1. The molecule has 178 valence electrons. The lowest BCUT2D eigenvalue weighted by molar-refractivity contribution is 0.100. The molecule has 0 aliphatic rings. The first-order valence-corrected chi connectivity index (χ1v) is 11.2. The van der Waals surface area contributed by atoms with E-state index in [2.05, 4.69) is 21.4 Å². The van der Waals surface area contributed by atoms with Crippen molar-refractivity contribution in [2.75, 3.05) is 11.9 Å². The molecule has 0 saturated heterocycles. The highest BCUT2D eigenvalue weighted by Crippen LogP contribution is 2.20. The molecule has 0 fully saturated rings. The number of carbonyl (C=O) groups excluding carboxylic acids is 1. The summed E-state index contributed by atoms with van der Waals surface area (Å²) in [7, 11) is 3.05. The molecule has 10 heteroatoms. The molecule has 0 aliphatic carbocycles. The van der Waals surface area contributed by atoms with E-state index in [-0.39, 0.29) is 0 Å². The summed E-state index contributed by atoms with van der Waals surface area (Å²) in [4.78, 5) is 44.9. The highest BCUT2D eigenvalue weighted by molar-refractivity contribution is 5.92. The average molecular weight is 472 g/mol. The van der Waals surface area contributed by atoms with Gasteiger partial charge in [-0.15, -0.1) is 0 Å². The van der Waals surface area contributed by atoms with Crippen molar-refractivity contribution < 1.29 is 4.79 Å². The number of amides is 1. The number of fused-ring (bicyclic) bond motifs is 2. The van der Waals surface area contributed by atoms with Crippen LogP contribution < -0.4 is 22.3 Å². The molecule has 10 nitrogen and oxygen atoms in total.